The highest BCUT2D eigenvalue weighted by molar-refractivity contribution is 7.89. The van der Waals surface area contributed by atoms with Crippen LogP contribution in [-0.2, 0) is 19.6 Å². The third-order valence-corrected chi connectivity index (χ3v) is 6.49. The molecule has 0 unspecified atom stereocenters. The van der Waals surface area contributed by atoms with Crippen LogP contribution in [-0.4, -0.2) is 51.2 Å². The molecule has 0 aliphatic carbocycles. The predicted octanol–water partition coefficient (Wildman–Crippen LogP) is 2.53. The van der Waals surface area contributed by atoms with Crippen molar-refractivity contribution in [3.05, 3.63) is 36.4 Å². The SMILES string of the molecule is CCCC(CCNS(=O)(=O)c1cccc2c(N(C)C)cccc12)(C(=O)O)C(=O)O. The summed E-state index contributed by atoms with van der Waals surface area (Å²) >= 11 is 0. The van der Waals surface area contributed by atoms with E-state index in [2.05, 4.69) is 4.72 Å². The fraction of sp³-hybridized carbons (Fsp3) is 0.400. The molecule has 158 valence electrons. The van der Waals surface area contributed by atoms with Gasteiger partial charge in [-0.1, -0.05) is 37.6 Å². The van der Waals surface area contributed by atoms with Gasteiger partial charge in [-0.3, -0.25) is 9.59 Å². The quantitative estimate of drug-likeness (QED) is 0.503. The van der Waals surface area contributed by atoms with Crippen molar-refractivity contribution in [2.75, 3.05) is 25.5 Å². The van der Waals surface area contributed by atoms with Crippen LogP contribution >= 0.6 is 0 Å². The lowest BCUT2D eigenvalue weighted by Crippen LogP contribution is -2.42. The van der Waals surface area contributed by atoms with Gasteiger partial charge in [-0.05, 0) is 25.0 Å². The number of nitrogens with one attached hydrogen (secondary N) is 1. The second kappa shape index (κ2) is 8.79. The Balaban J connectivity index is 2.34. The predicted molar refractivity (Wildman–Crippen MR) is 111 cm³/mol. The van der Waals surface area contributed by atoms with Crippen molar-refractivity contribution in [1.82, 2.24) is 4.72 Å². The zero-order chi connectivity index (χ0) is 21.8. The number of hydrogen-bond acceptors (Lipinski definition) is 5. The zero-order valence-electron chi connectivity index (χ0n) is 16.7. The maximum absolute atomic E-state index is 12.9. The Labute approximate surface area is 170 Å². The molecule has 0 spiro atoms. The van der Waals surface area contributed by atoms with Crippen LogP contribution in [0.15, 0.2) is 41.3 Å². The Bertz CT molecular complexity index is 1000. The van der Waals surface area contributed by atoms with Crippen molar-refractivity contribution in [3.8, 4) is 0 Å². The molecule has 0 aliphatic heterocycles. The second-order valence-electron chi connectivity index (χ2n) is 7.11. The molecule has 0 aliphatic rings. The lowest BCUT2D eigenvalue weighted by atomic mass is 9.80. The summed E-state index contributed by atoms with van der Waals surface area (Å²) in [5.74, 6) is -2.93. The van der Waals surface area contributed by atoms with Gasteiger partial charge in [-0.25, -0.2) is 13.1 Å². The van der Waals surface area contributed by atoms with Crippen LogP contribution in [0.2, 0.25) is 0 Å². The Hall–Kier alpha value is -2.65. The van der Waals surface area contributed by atoms with Crippen molar-refractivity contribution < 1.29 is 28.2 Å². The number of fused-ring (bicyclic) bond motifs is 1. The normalized spacial score (nSPS) is 12.1. The molecule has 0 saturated carbocycles. The Kier molecular flexibility index (Phi) is 6.86. The maximum atomic E-state index is 12.9. The van der Waals surface area contributed by atoms with E-state index in [0.717, 1.165) is 11.1 Å². The summed E-state index contributed by atoms with van der Waals surface area (Å²) in [5.41, 5.74) is -1.16. The highest BCUT2D eigenvalue weighted by atomic mass is 32.2. The lowest BCUT2D eigenvalue weighted by molar-refractivity contribution is -0.165. The van der Waals surface area contributed by atoms with Crippen LogP contribution < -0.4 is 9.62 Å². The van der Waals surface area contributed by atoms with Gasteiger partial charge in [-0.15, -0.1) is 0 Å². The van der Waals surface area contributed by atoms with Crippen molar-refractivity contribution in [1.29, 1.82) is 0 Å². The first-order valence-electron chi connectivity index (χ1n) is 9.22. The van der Waals surface area contributed by atoms with Crippen LogP contribution in [0.3, 0.4) is 0 Å². The monoisotopic (exact) mass is 422 g/mol. The van der Waals surface area contributed by atoms with Crippen LogP contribution in [0.25, 0.3) is 10.8 Å². The van der Waals surface area contributed by atoms with E-state index >= 15 is 0 Å². The summed E-state index contributed by atoms with van der Waals surface area (Å²) in [6, 6.07) is 10.3. The van der Waals surface area contributed by atoms with Crippen molar-refractivity contribution >= 4 is 38.4 Å². The summed E-state index contributed by atoms with van der Waals surface area (Å²) in [7, 11) is -0.252. The largest absolute Gasteiger partial charge is 0.480 e. The molecule has 0 fully saturated rings. The van der Waals surface area contributed by atoms with E-state index < -0.39 is 27.4 Å². The highest BCUT2D eigenvalue weighted by Gasteiger charge is 2.45. The molecule has 8 nitrogen and oxygen atoms in total. The number of carboxylic acids is 2. The zero-order valence-corrected chi connectivity index (χ0v) is 17.5. The number of benzene rings is 2. The third kappa shape index (κ3) is 4.51. The van der Waals surface area contributed by atoms with E-state index in [0.29, 0.717) is 11.8 Å². The van der Waals surface area contributed by atoms with E-state index in [1.54, 1.807) is 25.1 Å². The maximum Gasteiger partial charge on any atom is 0.321 e. The summed E-state index contributed by atoms with van der Waals surface area (Å²) < 4.78 is 28.2. The van der Waals surface area contributed by atoms with Crippen molar-refractivity contribution in [2.45, 2.75) is 31.1 Å². The number of nitrogens with zero attached hydrogens (tertiary/aromatic N) is 1. The van der Waals surface area contributed by atoms with Gasteiger partial charge < -0.3 is 15.1 Å². The van der Waals surface area contributed by atoms with Crippen molar-refractivity contribution in [3.63, 3.8) is 0 Å². The van der Waals surface area contributed by atoms with Gasteiger partial charge in [0.25, 0.3) is 0 Å². The standard InChI is InChI=1S/C20H26N2O6S/c1-4-11-20(18(23)24,19(25)26)12-13-21-29(27,28)17-10-6-7-14-15(17)8-5-9-16(14)22(2)3/h5-10,21H,4,11-13H2,1-3H3,(H,23,24)(H,25,26). The molecule has 0 heterocycles. The Morgan fingerprint density at radius 2 is 1.59 bits per heavy atom. The summed E-state index contributed by atoms with van der Waals surface area (Å²) in [6.45, 7) is 1.38. The molecule has 29 heavy (non-hydrogen) atoms. The van der Waals surface area contributed by atoms with Crippen molar-refractivity contribution in [2.24, 2.45) is 5.41 Å². The first-order valence-corrected chi connectivity index (χ1v) is 10.7. The van der Waals surface area contributed by atoms with Crippen LogP contribution in [0, 0.1) is 5.41 Å². The summed E-state index contributed by atoms with van der Waals surface area (Å²) in [6.07, 6.45) is -0.0830. The number of aliphatic carboxylic acids is 2. The minimum Gasteiger partial charge on any atom is -0.480 e. The third-order valence-electron chi connectivity index (χ3n) is 4.97. The number of carbonyl (C=O) groups is 2. The van der Waals surface area contributed by atoms with E-state index in [-0.39, 0.29) is 24.3 Å². The van der Waals surface area contributed by atoms with Gasteiger partial charge in [0.05, 0.1) is 4.90 Å². The summed E-state index contributed by atoms with van der Waals surface area (Å²) in [5, 5.41) is 20.2. The first kappa shape index (κ1) is 22.6. The Morgan fingerprint density at radius 1 is 1.00 bits per heavy atom. The molecule has 0 bridgehead atoms. The van der Waals surface area contributed by atoms with E-state index in [9.17, 15) is 28.2 Å². The van der Waals surface area contributed by atoms with Gasteiger partial charge in [0.2, 0.25) is 10.0 Å². The highest BCUT2D eigenvalue weighted by Crippen LogP contribution is 2.31. The molecule has 0 saturated heterocycles. The van der Waals surface area contributed by atoms with Gasteiger partial charge in [0, 0.05) is 37.1 Å². The average Bonchev–Trinajstić information content (AvgIpc) is 2.65. The average molecular weight is 423 g/mol. The molecule has 0 amide bonds. The molecule has 0 aromatic heterocycles. The fourth-order valence-electron chi connectivity index (χ4n) is 3.44. The smallest absolute Gasteiger partial charge is 0.321 e. The molecule has 2 aromatic carbocycles. The molecule has 9 heteroatoms. The van der Waals surface area contributed by atoms with Gasteiger partial charge in [-0.2, -0.15) is 0 Å². The summed E-state index contributed by atoms with van der Waals surface area (Å²) in [4.78, 5) is 25.1. The van der Waals surface area contributed by atoms with Crippen LogP contribution in [0.1, 0.15) is 26.2 Å². The first-order chi connectivity index (χ1) is 13.6. The molecule has 0 atom stereocenters. The van der Waals surface area contributed by atoms with E-state index in [4.69, 9.17) is 0 Å². The molecular formula is C20H26N2O6S. The fourth-order valence-corrected chi connectivity index (χ4v) is 4.69. The molecule has 2 rings (SSSR count). The van der Waals surface area contributed by atoms with E-state index in [1.807, 2.05) is 31.1 Å². The lowest BCUT2D eigenvalue weighted by Gasteiger charge is -2.24. The molecule has 2 aromatic rings. The number of carboxylic acid groups (broad SMARTS) is 2. The number of hydrogen-bond donors (Lipinski definition) is 3. The van der Waals surface area contributed by atoms with Crippen LogP contribution in [0.4, 0.5) is 5.69 Å². The molecule has 0 radical (unpaired) electrons. The van der Waals surface area contributed by atoms with Gasteiger partial charge in [0.15, 0.2) is 5.41 Å². The number of sulfonamides is 1. The Morgan fingerprint density at radius 3 is 2.14 bits per heavy atom. The van der Waals surface area contributed by atoms with Gasteiger partial charge in [0.1, 0.15) is 0 Å². The molecular weight excluding hydrogens is 396 g/mol. The van der Waals surface area contributed by atoms with Crippen LogP contribution in [0.5, 0.6) is 0 Å². The topological polar surface area (TPSA) is 124 Å². The molecule has 3 N–H and O–H groups in total. The minimum absolute atomic E-state index is 0.0606. The van der Waals surface area contributed by atoms with Gasteiger partial charge >= 0.3 is 11.9 Å². The van der Waals surface area contributed by atoms with E-state index in [1.165, 1.54) is 6.07 Å². The minimum atomic E-state index is -3.97. The number of anilines is 1. The number of rotatable bonds is 10. The second-order valence-corrected chi connectivity index (χ2v) is 8.85.